The monoisotopic (exact) mass is 336 g/mol. The number of aromatic nitrogens is 1. The number of esters is 1. The van der Waals surface area contributed by atoms with E-state index in [1.807, 2.05) is 6.07 Å². The lowest BCUT2D eigenvalue weighted by Crippen LogP contribution is -2.20. The molecule has 2 aromatic rings. The average Bonchev–Trinajstić information content (AvgIpc) is 2.57. The van der Waals surface area contributed by atoms with Gasteiger partial charge in [0.2, 0.25) is 0 Å². The summed E-state index contributed by atoms with van der Waals surface area (Å²) in [5, 5.41) is 8.80. The highest BCUT2D eigenvalue weighted by atomic mass is 19.4. The summed E-state index contributed by atoms with van der Waals surface area (Å²) in [5.74, 6) is -1.24. The Labute approximate surface area is 135 Å². The lowest BCUT2D eigenvalue weighted by Gasteiger charge is -2.12. The van der Waals surface area contributed by atoms with Crippen LogP contribution in [0.4, 0.5) is 13.2 Å². The lowest BCUT2D eigenvalue weighted by atomic mass is 10.1. The summed E-state index contributed by atoms with van der Waals surface area (Å²) in [4.78, 5) is 15.7. The first-order chi connectivity index (χ1) is 11.4. The largest absolute Gasteiger partial charge is 0.482 e. The molecule has 0 aliphatic heterocycles. The van der Waals surface area contributed by atoms with Crippen molar-refractivity contribution in [1.82, 2.24) is 4.98 Å². The topological polar surface area (TPSA) is 72.2 Å². The summed E-state index contributed by atoms with van der Waals surface area (Å²) < 4.78 is 46.3. The number of halogens is 3. The Balaban J connectivity index is 2.05. The molecular weight excluding hydrogens is 325 g/mol. The van der Waals surface area contributed by atoms with Crippen LogP contribution in [0, 0.1) is 11.3 Å². The van der Waals surface area contributed by atoms with Gasteiger partial charge in [0.25, 0.3) is 0 Å². The van der Waals surface area contributed by atoms with E-state index in [9.17, 15) is 18.0 Å². The maximum atomic E-state index is 12.2. The number of rotatable bonds is 5. The third-order valence-corrected chi connectivity index (χ3v) is 2.78. The van der Waals surface area contributed by atoms with Crippen molar-refractivity contribution in [1.29, 1.82) is 5.26 Å². The lowest BCUT2D eigenvalue weighted by molar-refractivity contribution is -0.153. The number of carbonyl (C=O) groups excluding carboxylic acids is 1. The highest BCUT2D eigenvalue weighted by molar-refractivity contribution is 5.90. The van der Waals surface area contributed by atoms with Crippen molar-refractivity contribution >= 4 is 5.97 Å². The quantitative estimate of drug-likeness (QED) is 0.784. The van der Waals surface area contributed by atoms with Crippen LogP contribution in [0.25, 0.3) is 0 Å². The predicted octanol–water partition coefficient (Wildman–Crippen LogP) is 3.25. The highest BCUT2D eigenvalue weighted by Gasteiger charge is 2.29. The molecule has 0 atom stereocenters. The third kappa shape index (κ3) is 4.98. The number of alkyl halides is 3. The first-order valence-corrected chi connectivity index (χ1v) is 6.70. The third-order valence-electron chi connectivity index (χ3n) is 2.78. The minimum atomic E-state index is -4.53. The molecule has 0 unspecified atom stereocenters. The van der Waals surface area contributed by atoms with E-state index in [4.69, 9.17) is 10.00 Å². The predicted molar refractivity (Wildman–Crippen MR) is 76.1 cm³/mol. The second-order valence-electron chi connectivity index (χ2n) is 4.64. The maximum Gasteiger partial charge on any atom is 0.422 e. The molecule has 0 aliphatic carbocycles. The number of benzene rings is 1. The van der Waals surface area contributed by atoms with E-state index in [0.717, 1.165) is 0 Å². The zero-order chi connectivity index (χ0) is 17.6. The van der Waals surface area contributed by atoms with E-state index in [1.54, 1.807) is 18.2 Å². The Kier molecular flexibility index (Phi) is 5.37. The fourth-order valence-corrected chi connectivity index (χ4v) is 1.77. The van der Waals surface area contributed by atoms with Gasteiger partial charge in [-0.15, -0.1) is 0 Å². The van der Waals surface area contributed by atoms with Crippen molar-refractivity contribution in [3.63, 3.8) is 0 Å². The van der Waals surface area contributed by atoms with Gasteiger partial charge in [-0.3, -0.25) is 0 Å². The minimum absolute atomic E-state index is 0.149. The summed E-state index contributed by atoms with van der Waals surface area (Å²) >= 11 is 0. The van der Waals surface area contributed by atoms with Gasteiger partial charge in [-0.05, 0) is 29.8 Å². The van der Waals surface area contributed by atoms with Crippen LogP contribution in [0.5, 0.6) is 5.75 Å². The van der Waals surface area contributed by atoms with Crippen molar-refractivity contribution in [3.8, 4) is 11.8 Å². The van der Waals surface area contributed by atoms with Gasteiger partial charge in [-0.1, -0.05) is 12.1 Å². The normalized spacial score (nSPS) is 10.8. The highest BCUT2D eigenvalue weighted by Crippen LogP contribution is 2.21. The summed E-state index contributed by atoms with van der Waals surface area (Å²) in [7, 11) is 0. The van der Waals surface area contributed by atoms with Gasteiger partial charge < -0.3 is 9.47 Å². The van der Waals surface area contributed by atoms with Crippen molar-refractivity contribution < 1.29 is 27.4 Å². The number of carbonyl (C=O) groups is 1. The second kappa shape index (κ2) is 7.46. The molecule has 0 saturated heterocycles. The summed E-state index contributed by atoms with van der Waals surface area (Å²) in [5.41, 5.74) is 0.616. The molecule has 5 nitrogen and oxygen atoms in total. The van der Waals surface area contributed by atoms with Crippen LogP contribution in [0.3, 0.4) is 0 Å². The second-order valence-corrected chi connectivity index (χ2v) is 4.64. The molecule has 0 spiro atoms. The Bertz CT molecular complexity index is 770. The Hall–Kier alpha value is -3.08. The first kappa shape index (κ1) is 17.3. The number of nitriles is 1. The van der Waals surface area contributed by atoms with Gasteiger partial charge in [-0.2, -0.15) is 18.4 Å². The van der Waals surface area contributed by atoms with Crippen molar-refractivity contribution in [2.45, 2.75) is 12.8 Å². The molecule has 1 heterocycles. The number of ether oxygens (including phenoxy) is 2. The van der Waals surface area contributed by atoms with Gasteiger partial charge >= 0.3 is 12.1 Å². The molecule has 0 fully saturated rings. The summed E-state index contributed by atoms with van der Waals surface area (Å²) in [6, 6.07) is 10.9. The molecule has 0 N–H and O–H groups in total. The van der Waals surface area contributed by atoms with Crippen LogP contribution < -0.4 is 4.74 Å². The van der Waals surface area contributed by atoms with Crippen LogP contribution >= 0.6 is 0 Å². The maximum absolute atomic E-state index is 12.2. The first-order valence-electron chi connectivity index (χ1n) is 6.70. The summed E-state index contributed by atoms with van der Waals surface area (Å²) in [6.45, 7) is -1.69. The van der Waals surface area contributed by atoms with E-state index in [0.29, 0.717) is 11.1 Å². The van der Waals surface area contributed by atoms with E-state index < -0.39 is 18.8 Å². The zero-order valence-corrected chi connectivity index (χ0v) is 12.2. The Morgan fingerprint density at radius 3 is 2.75 bits per heavy atom. The summed E-state index contributed by atoms with van der Waals surface area (Å²) in [6.07, 6.45) is -3.29. The fourth-order valence-electron chi connectivity index (χ4n) is 1.77. The molecule has 0 amide bonds. The minimum Gasteiger partial charge on any atom is -0.482 e. The van der Waals surface area contributed by atoms with E-state index in [1.165, 1.54) is 24.4 Å². The molecule has 0 radical (unpaired) electrons. The van der Waals surface area contributed by atoms with E-state index >= 15 is 0 Å². The van der Waals surface area contributed by atoms with Gasteiger partial charge in [0.05, 0.1) is 11.6 Å². The fraction of sp³-hybridized carbons (Fsp3) is 0.188. The number of hydrogen-bond acceptors (Lipinski definition) is 5. The van der Waals surface area contributed by atoms with Gasteiger partial charge in [0.15, 0.2) is 18.1 Å². The molecule has 1 aromatic carbocycles. The SMILES string of the molecule is N#Cc1cccc(COC(=O)c2ncccc2OCC(F)(F)F)c1. The molecule has 0 bridgehead atoms. The van der Waals surface area contributed by atoms with Crippen molar-refractivity contribution in [2.24, 2.45) is 0 Å². The molecule has 124 valence electrons. The molecule has 8 heteroatoms. The standard InChI is InChI=1S/C16H11F3N2O3/c17-16(18,19)10-24-13-5-2-6-21-14(13)15(22)23-9-12-4-1-3-11(7-12)8-20/h1-7H,9-10H2. The van der Waals surface area contributed by atoms with Crippen molar-refractivity contribution in [2.75, 3.05) is 6.61 Å². The molecule has 1 aromatic heterocycles. The molecule has 24 heavy (non-hydrogen) atoms. The molecule has 2 rings (SSSR count). The van der Waals surface area contributed by atoms with Crippen molar-refractivity contribution in [3.05, 3.63) is 59.4 Å². The van der Waals surface area contributed by atoms with Crippen LogP contribution in [0.15, 0.2) is 42.6 Å². The van der Waals surface area contributed by atoms with Crippen LogP contribution in [0.2, 0.25) is 0 Å². The zero-order valence-electron chi connectivity index (χ0n) is 12.2. The van der Waals surface area contributed by atoms with E-state index in [-0.39, 0.29) is 18.1 Å². The smallest absolute Gasteiger partial charge is 0.422 e. The average molecular weight is 336 g/mol. The van der Waals surface area contributed by atoms with Gasteiger partial charge in [0, 0.05) is 6.20 Å². The number of hydrogen-bond donors (Lipinski definition) is 0. The molecular formula is C16H11F3N2O3. The van der Waals surface area contributed by atoms with Gasteiger partial charge in [0.1, 0.15) is 6.61 Å². The van der Waals surface area contributed by atoms with E-state index in [2.05, 4.69) is 9.72 Å². The Morgan fingerprint density at radius 2 is 2.04 bits per heavy atom. The van der Waals surface area contributed by atoms with Crippen LogP contribution in [0.1, 0.15) is 21.6 Å². The molecule has 0 saturated carbocycles. The Morgan fingerprint density at radius 1 is 1.25 bits per heavy atom. The van der Waals surface area contributed by atoms with Crippen LogP contribution in [-0.2, 0) is 11.3 Å². The number of pyridine rings is 1. The van der Waals surface area contributed by atoms with Gasteiger partial charge in [-0.25, -0.2) is 9.78 Å². The van der Waals surface area contributed by atoms with Crippen LogP contribution in [-0.4, -0.2) is 23.7 Å². The molecule has 0 aliphatic rings. The number of nitrogens with zero attached hydrogens (tertiary/aromatic N) is 2.